The van der Waals surface area contributed by atoms with Crippen molar-refractivity contribution in [2.45, 2.75) is 12.2 Å². The molecule has 1 unspecified atom stereocenters. The molecular formula is C15H12BrClF3N. The zero-order valence-electron chi connectivity index (χ0n) is 11.0. The average Bonchev–Trinajstić information content (AvgIpc) is 2.38. The summed E-state index contributed by atoms with van der Waals surface area (Å²) < 4.78 is 39.2. The summed E-state index contributed by atoms with van der Waals surface area (Å²) >= 11 is 9.34. The molecule has 2 rings (SSSR count). The molecule has 0 saturated heterocycles. The molecule has 0 spiro atoms. The fraction of sp³-hybridized carbons (Fsp3) is 0.200. The minimum absolute atomic E-state index is 0.373. The molecule has 2 aromatic carbocycles. The second kappa shape index (κ2) is 6.38. The van der Waals surface area contributed by atoms with Crippen LogP contribution in [0.4, 0.5) is 13.2 Å². The largest absolute Gasteiger partial charge is 0.416 e. The highest BCUT2D eigenvalue weighted by Crippen LogP contribution is 2.33. The van der Waals surface area contributed by atoms with Crippen LogP contribution in [0.2, 0.25) is 5.02 Å². The molecule has 1 N–H and O–H groups in total. The maximum absolute atomic E-state index is 12.8. The number of rotatable bonds is 3. The lowest BCUT2D eigenvalue weighted by Gasteiger charge is -2.19. The molecule has 0 saturated carbocycles. The molecular weight excluding hydrogens is 367 g/mol. The van der Waals surface area contributed by atoms with Crippen LogP contribution in [0.1, 0.15) is 22.7 Å². The van der Waals surface area contributed by atoms with Gasteiger partial charge in [-0.25, -0.2) is 0 Å². The number of alkyl halides is 3. The molecule has 0 aliphatic rings. The first-order valence-electron chi connectivity index (χ1n) is 6.11. The third-order valence-electron chi connectivity index (χ3n) is 3.05. The minimum Gasteiger partial charge on any atom is -0.309 e. The lowest BCUT2D eigenvalue weighted by molar-refractivity contribution is -0.137. The van der Waals surface area contributed by atoms with Gasteiger partial charge in [-0.1, -0.05) is 39.7 Å². The van der Waals surface area contributed by atoms with Crippen LogP contribution < -0.4 is 5.32 Å². The van der Waals surface area contributed by atoms with Gasteiger partial charge in [-0.05, 0) is 48.5 Å². The zero-order valence-corrected chi connectivity index (χ0v) is 13.4. The van der Waals surface area contributed by atoms with Crippen LogP contribution in [0.25, 0.3) is 0 Å². The van der Waals surface area contributed by atoms with Gasteiger partial charge in [0, 0.05) is 9.50 Å². The molecule has 0 bridgehead atoms. The Morgan fingerprint density at radius 1 is 1.10 bits per heavy atom. The Morgan fingerprint density at radius 3 is 2.38 bits per heavy atom. The van der Waals surface area contributed by atoms with E-state index in [1.54, 1.807) is 25.2 Å². The summed E-state index contributed by atoms with van der Waals surface area (Å²) in [5.41, 5.74) is 0.652. The van der Waals surface area contributed by atoms with Crippen molar-refractivity contribution in [3.05, 3.63) is 68.7 Å². The van der Waals surface area contributed by atoms with E-state index in [0.717, 1.165) is 22.2 Å². The van der Waals surface area contributed by atoms with Crippen molar-refractivity contribution in [1.29, 1.82) is 0 Å². The zero-order chi connectivity index (χ0) is 15.6. The van der Waals surface area contributed by atoms with E-state index in [2.05, 4.69) is 21.2 Å². The maximum atomic E-state index is 12.8. The summed E-state index contributed by atoms with van der Waals surface area (Å²) in [6, 6.07) is 10.2. The van der Waals surface area contributed by atoms with Crippen LogP contribution in [-0.4, -0.2) is 7.05 Å². The van der Waals surface area contributed by atoms with Crippen molar-refractivity contribution >= 4 is 27.5 Å². The molecule has 6 heteroatoms. The number of hydrogen-bond donors (Lipinski definition) is 1. The van der Waals surface area contributed by atoms with Gasteiger partial charge in [0.15, 0.2) is 0 Å². The van der Waals surface area contributed by atoms with Gasteiger partial charge in [0.05, 0.1) is 11.6 Å². The topological polar surface area (TPSA) is 12.0 Å². The molecule has 0 aromatic heterocycles. The van der Waals surface area contributed by atoms with Crippen LogP contribution in [0.5, 0.6) is 0 Å². The number of halogens is 5. The van der Waals surface area contributed by atoms with Gasteiger partial charge < -0.3 is 5.32 Å². The standard InChI is InChI=1S/C15H12BrClF3N/c1-21-14(10-6-12(16)8-13(17)7-10)9-3-2-4-11(5-9)15(18,19)20/h2-8,14,21H,1H3. The molecule has 2 aromatic rings. The Bertz CT molecular complexity index is 623. The van der Waals surface area contributed by atoms with E-state index in [1.165, 1.54) is 6.07 Å². The smallest absolute Gasteiger partial charge is 0.309 e. The molecule has 0 aliphatic heterocycles. The fourth-order valence-electron chi connectivity index (χ4n) is 2.16. The summed E-state index contributed by atoms with van der Waals surface area (Å²) in [5.74, 6) is 0. The highest BCUT2D eigenvalue weighted by atomic mass is 79.9. The fourth-order valence-corrected chi connectivity index (χ4v) is 3.05. The van der Waals surface area contributed by atoms with E-state index in [9.17, 15) is 13.2 Å². The highest BCUT2D eigenvalue weighted by Gasteiger charge is 2.31. The van der Waals surface area contributed by atoms with Crippen LogP contribution in [0, 0.1) is 0 Å². The van der Waals surface area contributed by atoms with Crippen LogP contribution in [-0.2, 0) is 6.18 Å². The molecule has 0 radical (unpaired) electrons. The minimum atomic E-state index is -4.36. The van der Waals surface area contributed by atoms with Gasteiger partial charge in [-0.2, -0.15) is 13.2 Å². The normalized spacial score (nSPS) is 13.2. The second-order valence-electron chi connectivity index (χ2n) is 4.55. The van der Waals surface area contributed by atoms with Crippen molar-refractivity contribution in [2.75, 3.05) is 7.05 Å². The molecule has 0 amide bonds. The molecule has 21 heavy (non-hydrogen) atoms. The lowest BCUT2D eigenvalue weighted by atomic mass is 9.97. The Kier molecular flexibility index (Phi) is 4.96. The average molecular weight is 379 g/mol. The molecule has 0 fully saturated rings. The first-order valence-corrected chi connectivity index (χ1v) is 7.29. The molecule has 0 heterocycles. The third-order valence-corrected chi connectivity index (χ3v) is 3.73. The van der Waals surface area contributed by atoms with Crippen LogP contribution >= 0.6 is 27.5 Å². The van der Waals surface area contributed by atoms with Gasteiger partial charge in [-0.15, -0.1) is 0 Å². The van der Waals surface area contributed by atoms with Crippen molar-refractivity contribution in [3.63, 3.8) is 0 Å². The third kappa shape index (κ3) is 3.99. The monoisotopic (exact) mass is 377 g/mol. The molecule has 1 nitrogen and oxygen atoms in total. The van der Waals surface area contributed by atoms with E-state index in [-0.39, 0.29) is 6.04 Å². The predicted octanol–water partition coefficient (Wildman–Crippen LogP) is 5.43. The van der Waals surface area contributed by atoms with E-state index in [1.807, 2.05) is 6.07 Å². The summed E-state index contributed by atoms with van der Waals surface area (Å²) in [4.78, 5) is 0. The van der Waals surface area contributed by atoms with Crippen LogP contribution in [0.3, 0.4) is 0 Å². The maximum Gasteiger partial charge on any atom is 0.416 e. The van der Waals surface area contributed by atoms with Gasteiger partial charge in [-0.3, -0.25) is 0 Å². The molecule has 1 atom stereocenters. The van der Waals surface area contributed by atoms with E-state index in [4.69, 9.17) is 11.6 Å². The van der Waals surface area contributed by atoms with Crippen LogP contribution in [0.15, 0.2) is 46.9 Å². The summed E-state index contributed by atoms with van der Waals surface area (Å²) in [5, 5.41) is 3.54. The Morgan fingerprint density at radius 2 is 1.81 bits per heavy atom. The van der Waals surface area contributed by atoms with E-state index in [0.29, 0.717) is 10.6 Å². The number of nitrogens with one attached hydrogen (secondary N) is 1. The van der Waals surface area contributed by atoms with Crippen molar-refractivity contribution < 1.29 is 13.2 Å². The summed E-state index contributed by atoms with van der Waals surface area (Å²) in [6.45, 7) is 0. The quantitative estimate of drug-likeness (QED) is 0.751. The van der Waals surface area contributed by atoms with Gasteiger partial charge >= 0.3 is 6.18 Å². The van der Waals surface area contributed by atoms with Gasteiger partial charge in [0.1, 0.15) is 0 Å². The first-order chi connectivity index (χ1) is 9.81. The lowest BCUT2D eigenvalue weighted by Crippen LogP contribution is -2.18. The van der Waals surface area contributed by atoms with Gasteiger partial charge in [0.2, 0.25) is 0 Å². The van der Waals surface area contributed by atoms with Crippen molar-refractivity contribution in [2.24, 2.45) is 0 Å². The predicted molar refractivity (Wildman–Crippen MR) is 81.5 cm³/mol. The Balaban J connectivity index is 2.46. The second-order valence-corrected chi connectivity index (χ2v) is 5.90. The van der Waals surface area contributed by atoms with E-state index >= 15 is 0 Å². The van der Waals surface area contributed by atoms with Gasteiger partial charge in [0.25, 0.3) is 0 Å². The molecule has 0 aliphatic carbocycles. The SMILES string of the molecule is CNC(c1cc(Cl)cc(Br)c1)c1cccc(C(F)(F)F)c1. The number of benzene rings is 2. The first kappa shape index (κ1) is 16.3. The summed E-state index contributed by atoms with van der Waals surface area (Å²) in [6.07, 6.45) is -4.36. The highest BCUT2D eigenvalue weighted by molar-refractivity contribution is 9.10. The summed E-state index contributed by atoms with van der Waals surface area (Å²) in [7, 11) is 1.69. The van der Waals surface area contributed by atoms with Crippen molar-refractivity contribution in [3.8, 4) is 0 Å². The van der Waals surface area contributed by atoms with Crippen molar-refractivity contribution in [1.82, 2.24) is 5.32 Å². The Hall–Kier alpha value is -1.04. The Labute approximate surface area is 134 Å². The molecule has 112 valence electrons. The van der Waals surface area contributed by atoms with E-state index < -0.39 is 11.7 Å². The number of hydrogen-bond acceptors (Lipinski definition) is 1.